The molecule has 0 heterocycles. The average Bonchev–Trinajstić information content (AvgIpc) is 2.98. The van der Waals surface area contributed by atoms with Gasteiger partial charge in [-0.2, -0.15) is 0 Å². The van der Waals surface area contributed by atoms with Gasteiger partial charge in [-0.05, 0) is 44.9 Å². The molecule has 0 saturated heterocycles. The number of amides is 1. The Labute approximate surface area is 254 Å². The fourth-order valence-electron chi connectivity index (χ4n) is 4.92. The van der Waals surface area contributed by atoms with Crippen molar-refractivity contribution in [3.8, 4) is 0 Å². The number of nitrogens with one attached hydrogen (secondary N) is 1. The quantitative estimate of drug-likeness (QED) is 0.0507. The lowest BCUT2D eigenvalue weighted by atomic mass is 10.0. The molecule has 240 valence electrons. The lowest BCUT2D eigenvalue weighted by Gasteiger charge is -2.21. The SMILES string of the molecule is CCCCCCC/C=C/CC/C=C/CC/C=C/C(O)C(CO)NC(=O)C(O)CCCCCCCCCCCCCC. The predicted molar refractivity (Wildman–Crippen MR) is 176 cm³/mol. The summed E-state index contributed by atoms with van der Waals surface area (Å²) in [5, 5.41) is 32.8. The summed E-state index contributed by atoms with van der Waals surface area (Å²) >= 11 is 0. The molecule has 0 fully saturated rings. The molecule has 0 aliphatic rings. The third kappa shape index (κ3) is 27.2. The van der Waals surface area contributed by atoms with Crippen LogP contribution in [0.1, 0.15) is 162 Å². The van der Waals surface area contributed by atoms with Crippen LogP contribution < -0.4 is 5.32 Å². The maximum atomic E-state index is 12.3. The van der Waals surface area contributed by atoms with Crippen molar-refractivity contribution in [3.63, 3.8) is 0 Å². The molecule has 3 unspecified atom stereocenters. The predicted octanol–water partition coefficient (Wildman–Crippen LogP) is 8.87. The summed E-state index contributed by atoms with van der Waals surface area (Å²) < 4.78 is 0. The second kappa shape index (κ2) is 31.5. The zero-order valence-corrected chi connectivity index (χ0v) is 26.9. The van der Waals surface area contributed by atoms with Gasteiger partial charge >= 0.3 is 0 Å². The zero-order chi connectivity index (χ0) is 30.2. The molecule has 0 spiro atoms. The van der Waals surface area contributed by atoms with Gasteiger partial charge in [-0.3, -0.25) is 4.79 Å². The molecule has 0 aromatic carbocycles. The molecule has 0 saturated carbocycles. The smallest absolute Gasteiger partial charge is 0.249 e. The van der Waals surface area contributed by atoms with Crippen molar-refractivity contribution in [1.29, 1.82) is 0 Å². The summed E-state index contributed by atoms with van der Waals surface area (Å²) in [4.78, 5) is 12.3. The second-order valence-electron chi connectivity index (χ2n) is 11.7. The van der Waals surface area contributed by atoms with Crippen LogP contribution in [0.15, 0.2) is 36.5 Å². The second-order valence-corrected chi connectivity index (χ2v) is 11.7. The number of allylic oxidation sites excluding steroid dienone is 5. The molecule has 5 nitrogen and oxygen atoms in total. The third-order valence-corrected chi connectivity index (χ3v) is 7.71. The first kappa shape index (κ1) is 39.6. The Morgan fingerprint density at radius 2 is 1.00 bits per heavy atom. The van der Waals surface area contributed by atoms with E-state index in [1.54, 1.807) is 6.08 Å². The highest BCUT2D eigenvalue weighted by atomic mass is 16.3. The van der Waals surface area contributed by atoms with E-state index in [1.807, 2.05) is 6.08 Å². The van der Waals surface area contributed by atoms with Crippen LogP contribution in [0.5, 0.6) is 0 Å². The van der Waals surface area contributed by atoms with E-state index >= 15 is 0 Å². The van der Waals surface area contributed by atoms with Crippen molar-refractivity contribution in [2.24, 2.45) is 0 Å². The highest BCUT2D eigenvalue weighted by molar-refractivity contribution is 5.80. The third-order valence-electron chi connectivity index (χ3n) is 7.71. The summed E-state index contributed by atoms with van der Waals surface area (Å²) in [6.45, 7) is 4.11. The fraction of sp³-hybridized carbons (Fsp3) is 0.806. The molecule has 41 heavy (non-hydrogen) atoms. The van der Waals surface area contributed by atoms with Gasteiger partial charge in [0.25, 0.3) is 0 Å². The van der Waals surface area contributed by atoms with Crippen LogP contribution in [-0.4, -0.2) is 46.1 Å². The van der Waals surface area contributed by atoms with E-state index in [-0.39, 0.29) is 6.61 Å². The van der Waals surface area contributed by atoms with E-state index in [4.69, 9.17) is 0 Å². The van der Waals surface area contributed by atoms with Crippen LogP contribution >= 0.6 is 0 Å². The van der Waals surface area contributed by atoms with Crippen molar-refractivity contribution in [2.45, 2.75) is 180 Å². The highest BCUT2D eigenvalue weighted by Gasteiger charge is 2.22. The fourth-order valence-corrected chi connectivity index (χ4v) is 4.92. The molecule has 0 aromatic heterocycles. The Balaban J connectivity index is 3.87. The lowest BCUT2D eigenvalue weighted by Crippen LogP contribution is -2.48. The van der Waals surface area contributed by atoms with Crippen LogP contribution in [0.2, 0.25) is 0 Å². The molecule has 0 rings (SSSR count). The summed E-state index contributed by atoms with van der Waals surface area (Å²) in [7, 11) is 0. The number of unbranched alkanes of at least 4 members (excludes halogenated alkanes) is 18. The molecule has 5 heteroatoms. The van der Waals surface area contributed by atoms with E-state index < -0.39 is 24.2 Å². The maximum absolute atomic E-state index is 12.3. The molecule has 0 radical (unpaired) electrons. The normalized spacial score (nSPS) is 14.4. The molecular weight excluding hydrogens is 510 g/mol. The van der Waals surface area contributed by atoms with E-state index in [0.29, 0.717) is 6.42 Å². The van der Waals surface area contributed by atoms with Crippen molar-refractivity contribution >= 4 is 5.91 Å². The molecule has 4 N–H and O–H groups in total. The van der Waals surface area contributed by atoms with E-state index in [0.717, 1.165) is 44.9 Å². The van der Waals surface area contributed by atoms with Crippen LogP contribution in [0.4, 0.5) is 0 Å². The standard InChI is InChI=1S/C36H67NO4/c1-3-5-7-9-11-13-15-17-18-19-21-22-24-26-28-30-34(39)33(32-38)37-36(41)35(40)31-29-27-25-23-20-16-14-12-10-8-6-4-2/h15,17,21-22,28,30,33-35,38-40H,3-14,16,18-20,23-27,29,31-32H2,1-2H3,(H,37,41)/b17-15+,22-21+,30-28+. The number of carbonyl (C=O) groups excluding carboxylic acids is 1. The van der Waals surface area contributed by atoms with Gasteiger partial charge in [-0.15, -0.1) is 0 Å². The minimum Gasteiger partial charge on any atom is -0.394 e. The molecular formula is C36H67NO4. The minimum absolute atomic E-state index is 0.380. The maximum Gasteiger partial charge on any atom is 0.249 e. The van der Waals surface area contributed by atoms with Gasteiger partial charge in [0.15, 0.2) is 0 Å². The van der Waals surface area contributed by atoms with E-state index in [2.05, 4.69) is 43.5 Å². The van der Waals surface area contributed by atoms with Crippen LogP contribution in [-0.2, 0) is 4.79 Å². The van der Waals surface area contributed by atoms with E-state index in [9.17, 15) is 20.1 Å². The van der Waals surface area contributed by atoms with Crippen LogP contribution in [0.3, 0.4) is 0 Å². The molecule has 0 bridgehead atoms. The number of aliphatic hydroxyl groups is 3. The molecule has 1 amide bonds. The molecule has 3 atom stereocenters. The number of rotatable bonds is 30. The lowest BCUT2D eigenvalue weighted by molar-refractivity contribution is -0.131. The van der Waals surface area contributed by atoms with Crippen molar-refractivity contribution in [1.82, 2.24) is 5.32 Å². The van der Waals surface area contributed by atoms with Crippen molar-refractivity contribution in [3.05, 3.63) is 36.5 Å². The van der Waals surface area contributed by atoms with Gasteiger partial charge in [0.05, 0.1) is 18.8 Å². The summed E-state index contributed by atoms with van der Waals surface area (Å²) in [5.41, 5.74) is 0. The van der Waals surface area contributed by atoms with Gasteiger partial charge in [0, 0.05) is 0 Å². The first-order valence-corrected chi connectivity index (χ1v) is 17.3. The van der Waals surface area contributed by atoms with Crippen molar-refractivity contribution < 1.29 is 20.1 Å². The number of hydrogen-bond donors (Lipinski definition) is 4. The Kier molecular flexibility index (Phi) is 30.4. The molecule has 0 aromatic rings. The van der Waals surface area contributed by atoms with Gasteiger partial charge in [-0.25, -0.2) is 0 Å². The Hall–Kier alpha value is -1.43. The van der Waals surface area contributed by atoms with Gasteiger partial charge in [0.1, 0.15) is 6.10 Å². The van der Waals surface area contributed by atoms with Gasteiger partial charge < -0.3 is 20.6 Å². The molecule has 0 aliphatic heterocycles. The number of aliphatic hydroxyl groups excluding tert-OH is 3. The largest absolute Gasteiger partial charge is 0.394 e. The first-order chi connectivity index (χ1) is 20.1. The van der Waals surface area contributed by atoms with Crippen LogP contribution in [0, 0.1) is 0 Å². The monoisotopic (exact) mass is 578 g/mol. The van der Waals surface area contributed by atoms with Crippen LogP contribution in [0.25, 0.3) is 0 Å². The number of hydrogen-bond acceptors (Lipinski definition) is 4. The van der Waals surface area contributed by atoms with E-state index in [1.165, 1.54) is 96.3 Å². The molecule has 0 aliphatic carbocycles. The Bertz CT molecular complexity index is 645. The first-order valence-electron chi connectivity index (χ1n) is 17.3. The Morgan fingerprint density at radius 3 is 1.49 bits per heavy atom. The van der Waals surface area contributed by atoms with Gasteiger partial charge in [-0.1, -0.05) is 153 Å². The average molecular weight is 578 g/mol. The minimum atomic E-state index is -1.10. The number of carbonyl (C=O) groups is 1. The van der Waals surface area contributed by atoms with Gasteiger partial charge in [0.2, 0.25) is 5.91 Å². The topological polar surface area (TPSA) is 89.8 Å². The highest BCUT2D eigenvalue weighted by Crippen LogP contribution is 2.13. The summed E-state index contributed by atoms with van der Waals surface area (Å²) in [5.74, 6) is -0.520. The summed E-state index contributed by atoms with van der Waals surface area (Å²) in [6, 6.07) is -0.815. The Morgan fingerprint density at radius 1 is 0.585 bits per heavy atom. The zero-order valence-electron chi connectivity index (χ0n) is 26.9. The van der Waals surface area contributed by atoms with Crippen molar-refractivity contribution in [2.75, 3.05) is 6.61 Å². The summed E-state index contributed by atoms with van der Waals surface area (Å²) in [6.07, 6.45) is 37.2.